The van der Waals surface area contributed by atoms with Gasteiger partial charge in [0, 0.05) is 25.7 Å². The van der Waals surface area contributed by atoms with Gasteiger partial charge >= 0.3 is 12.1 Å². The molecule has 0 aliphatic carbocycles. The number of ether oxygens (including phenoxy) is 2. The molecule has 0 unspecified atom stereocenters. The highest BCUT2D eigenvalue weighted by atomic mass is 16.6. The number of rotatable bonds is 16. The van der Waals surface area contributed by atoms with Crippen molar-refractivity contribution < 1.29 is 33.4 Å². The predicted octanol–water partition coefficient (Wildman–Crippen LogP) is 4.48. The van der Waals surface area contributed by atoms with Crippen molar-refractivity contribution in [2.75, 3.05) is 7.11 Å². The summed E-state index contributed by atoms with van der Waals surface area (Å²) in [5, 5.41) is 11.1. The van der Waals surface area contributed by atoms with Crippen LogP contribution in [-0.4, -0.2) is 66.7 Å². The lowest BCUT2D eigenvalue weighted by molar-refractivity contribution is -0.145. The zero-order valence-electron chi connectivity index (χ0n) is 30.5. The highest BCUT2D eigenvalue weighted by Crippen LogP contribution is 2.12. The normalized spacial score (nSPS) is 13.3. The summed E-state index contributed by atoms with van der Waals surface area (Å²) in [4.78, 5) is 67.9. The summed E-state index contributed by atoms with van der Waals surface area (Å²) in [6.07, 6.45) is -0.304. The Morgan fingerprint density at radius 1 is 0.472 bits per heavy atom. The van der Waals surface area contributed by atoms with Crippen molar-refractivity contribution in [1.29, 1.82) is 0 Å². The van der Waals surface area contributed by atoms with Crippen molar-refractivity contribution in [3.63, 3.8) is 0 Å². The van der Waals surface area contributed by atoms with E-state index in [0.717, 1.165) is 22.3 Å². The lowest BCUT2D eigenvalue weighted by Gasteiger charge is -2.27. The molecule has 4 atom stereocenters. The smallest absolute Gasteiger partial charge is 0.408 e. The molecule has 0 aliphatic rings. The van der Waals surface area contributed by atoms with Crippen LogP contribution in [-0.2, 0) is 54.3 Å². The van der Waals surface area contributed by atoms with Gasteiger partial charge in [0.05, 0.1) is 7.11 Å². The van der Waals surface area contributed by atoms with Crippen LogP contribution in [0.3, 0.4) is 0 Å². The Kier molecular flexibility index (Phi) is 14.7. The van der Waals surface area contributed by atoms with Gasteiger partial charge in [0.1, 0.15) is 29.8 Å². The summed E-state index contributed by atoms with van der Waals surface area (Å²) in [6, 6.07) is 32.2. The second-order valence-electron chi connectivity index (χ2n) is 13.7. The van der Waals surface area contributed by atoms with E-state index in [4.69, 9.17) is 9.47 Å². The van der Waals surface area contributed by atoms with Gasteiger partial charge in [-0.15, -0.1) is 0 Å². The van der Waals surface area contributed by atoms with E-state index < -0.39 is 59.6 Å². The van der Waals surface area contributed by atoms with Crippen LogP contribution in [0.4, 0.5) is 4.79 Å². The van der Waals surface area contributed by atoms with Crippen LogP contribution in [0, 0.1) is 0 Å². The SMILES string of the molecule is COC(=O)[C@H](Cc1ccccc1)NC(=O)[C@H](Cc1ccccc1)NC(=O)[C@H](Cc1ccccc1)NC(=O)[C@H](Cc1ccccc1)NC(=O)OC(C)(C)C. The van der Waals surface area contributed by atoms with Crippen LogP contribution in [0.2, 0.25) is 0 Å². The van der Waals surface area contributed by atoms with E-state index in [2.05, 4.69) is 21.3 Å². The Hall–Kier alpha value is -5.97. The fourth-order valence-corrected chi connectivity index (χ4v) is 5.63. The van der Waals surface area contributed by atoms with Gasteiger partial charge in [0.25, 0.3) is 0 Å². The van der Waals surface area contributed by atoms with Crippen molar-refractivity contribution in [3.05, 3.63) is 144 Å². The third kappa shape index (κ3) is 13.6. The summed E-state index contributed by atoms with van der Waals surface area (Å²) in [6.45, 7) is 5.16. The summed E-state index contributed by atoms with van der Waals surface area (Å²) >= 11 is 0. The van der Waals surface area contributed by atoms with E-state index in [0.29, 0.717) is 0 Å². The summed E-state index contributed by atoms with van der Waals surface area (Å²) in [7, 11) is 1.25. The number of methoxy groups -OCH3 is 1. The number of benzene rings is 4. The Labute approximate surface area is 310 Å². The Morgan fingerprint density at radius 3 is 1.06 bits per heavy atom. The van der Waals surface area contributed by atoms with E-state index >= 15 is 0 Å². The molecule has 0 spiro atoms. The van der Waals surface area contributed by atoms with Crippen LogP contribution in [0.15, 0.2) is 121 Å². The molecule has 4 amide bonds. The summed E-state index contributed by atoms with van der Waals surface area (Å²) in [5.74, 6) is -2.49. The molecular weight excluding hydrogens is 672 g/mol. The van der Waals surface area contributed by atoms with Crippen LogP contribution in [0.5, 0.6) is 0 Å². The molecule has 11 nitrogen and oxygen atoms in total. The monoisotopic (exact) mass is 720 g/mol. The van der Waals surface area contributed by atoms with Crippen molar-refractivity contribution >= 4 is 29.8 Å². The molecule has 0 heterocycles. The molecule has 0 fully saturated rings. The average Bonchev–Trinajstić information content (AvgIpc) is 3.14. The highest BCUT2D eigenvalue weighted by Gasteiger charge is 2.33. The summed E-state index contributed by atoms with van der Waals surface area (Å²) < 4.78 is 10.5. The standard InChI is InChI=1S/C42H48N4O7/c1-42(2,3)53-41(51)46-35(27-31-21-13-7-14-22-31)39(49)44-33(25-29-17-9-5-10-18-29)37(47)43-34(26-30-19-11-6-12-20-30)38(48)45-36(40(50)52-4)28-32-23-15-8-16-24-32/h5-24,33-36H,25-28H2,1-4H3,(H,43,47)(H,44,49)(H,45,48)(H,46,51)/t33-,34-,35-,36-/m0/s1. The fourth-order valence-electron chi connectivity index (χ4n) is 5.63. The average molecular weight is 721 g/mol. The number of carbonyl (C=O) groups excluding carboxylic acids is 5. The molecule has 4 aromatic rings. The minimum Gasteiger partial charge on any atom is -0.467 e. The van der Waals surface area contributed by atoms with Gasteiger partial charge in [-0.05, 0) is 43.0 Å². The quantitative estimate of drug-likeness (QED) is 0.125. The second kappa shape index (κ2) is 19.6. The van der Waals surface area contributed by atoms with E-state index in [9.17, 15) is 24.0 Å². The van der Waals surface area contributed by atoms with Gasteiger partial charge in [-0.3, -0.25) is 14.4 Å². The van der Waals surface area contributed by atoms with Crippen LogP contribution in [0.25, 0.3) is 0 Å². The zero-order valence-corrected chi connectivity index (χ0v) is 30.5. The number of alkyl carbamates (subject to hydrolysis) is 1. The number of amides is 4. The maximum absolute atomic E-state index is 14.2. The zero-order chi connectivity index (χ0) is 38.2. The third-order valence-corrected chi connectivity index (χ3v) is 8.21. The molecule has 4 aromatic carbocycles. The minimum absolute atomic E-state index is 0.0847. The number of hydrogen-bond acceptors (Lipinski definition) is 7. The Morgan fingerprint density at radius 2 is 0.755 bits per heavy atom. The second-order valence-corrected chi connectivity index (χ2v) is 13.7. The molecular formula is C42H48N4O7. The molecule has 4 N–H and O–H groups in total. The van der Waals surface area contributed by atoms with Crippen LogP contribution in [0.1, 0.15) is 43.0 Å². The van der Waals surface area contributed by atoms with E-state index in [1.807, 2.05) is 121 Å². The largest absolute Gasteiger partial charge is 0.467 e. The lowest BCUT2D eigenvalue weighted by Crippen LogP contribution is -2.59. The van der Waals surface area contributed by atoms with E-state index in [1.54, 1.807) is 20.8 Å². The molecule has 0 aliphatic heterocycles. The van der Waals surface area contributed by atoms with Crippen molar-refractivity contribution in [2.45, 2.75) is 76.2 Å². The number of carbonyl (C=O) groups is 5. The maximum Gasteiger partial charge on any atom is 0.408 e. The van der Waals surface area contributed by atoms with Gasteiger partial charge in [0.2, 0.25) is 17.7 Å². The molecule has 0 saturated heterocycles. The van der Waals surface area contributed by atoms with Crippen LogP contribution >= 0.6 is 0 Å². The fraction of sp³-hybridized carbons (Fsp3) is 0.310. The molecule has 0 saturated carbocycles. The first-order valence-electron chi connectivity index (χ1n) is 17.5. The third-order valence-electron chi connectivity index (χ3n) is 8.21. The molecule has 0 bridgehead atoms. The predicted molar refractivity (Wildman–Crippen MR) is 202 cm³/mol. The summed E-state index contributed by atoms with van der Waals surface area (Å²) in [5.41, 5.74) is 2.30. The molecule has 0 aromatic heterocycles. The number of hydrogen-bond donors (Lipinski definition) is 4. The first-order chi connectivity index (χ1) is 25.4. The molecule has 278 valence electrons. The highest BCUT2D eigenvalue weighted by molar-refractivity contribution is 5.95. The van der Waals surface area contributed by atoms with Gasteiger partial charge < -0.3 is 30.7 Å². The van der Waals surface area contributed by atoms with E-state index in [-0.39, 0.29) is 25.7 Å². The topological polar surface area (TPSA) is 152 Å². The van der Waals surface area contributed by atoms with Crippen molar-refractivity contribution in [2.24, 2.45) is 0 Å². The van der Waals surface area contributed by atoms with Gasteiger partial charge in [0.15, 0.2) is 0 Å². The van der Waals surface area contributed by atoms with Gasteiger partial charge in [-0.1, -0.05) is 121 Å². The first kappa shape index (κ1) is 39.8. The van der Waals surface area contributed by atoms with Crippen LogP contribution < -0.4 is 21.3 Å². The number of nitrogens with one attached hydrogen (secondary N) is 4. The maximum atomic E-state index is 14.2. The molecule has 4 rings (SSSR count). The van der Waals surface area contributed by atoms with E-state index in [1.165, 1.54) is 7.11 Å². The number of esters is 1. The van der Waals surface area contributed by atoms with Gasteiger partial charge in [-0.25, -0.2) is 9.59 Å². The lowest BCUT2D eigenvalue weighted by atomic mass is 10.0. The van der Waals surface area contributed by atoms with Gasteiger partial charge in [-0.2, -0.15) is 0 Å². The van der Waals surface area contributed by atoms with Crippen molar-refractivity contribution in [1.82, 2.24) is 21.3 Å². The molecule has 11 heteroatoms. The van der Waals surface area contributed by atoms with Crippen molar-refractivity contribution in [3.8, 4) is 0 Å². The molecule has 0 radical (unpaired) electrons. The molecule has 53 heavy (non-hydrogen) atoms. The Bertz CT molecular complexity index is 1780. The minimum atomic E-state index is -1.16. The Balaban J connectivity index is 1.61. The first-order valence-corrected chi connectivity index (χ1v) is 17.5.